The van der Waals surface area contributed by atoms with Gasteiger partial charge in [-0.3, -0.25) is 19.3 Å². The van der Waals surface area contributed by atoms with E-state index in [1.165, 1.54) is 28.9 Å². The first kappa shape index (κ1) is 41.4. The van der Waals surface area contributed by atoms with Crippen molar-refractivity contribution in [2.45, 2.75) is 42.9 Å². The molecule has 1 unspecified atom stereocenters. The number of aromatic nitrogens is 4. The molecule has 2 aromatic rings. The van der Waals surface area contributed by atoms with Crippen molar-refractivity contribution in [3.05, 3.63) is 41.1 Å². The zero-order chi connectivity index (χ0) is 32.9. The summed E-state index contributed by atoms with van der Waals surface area (Å²) >= 11 is 1.10. The van der Waals surface area contributed by atoms with Crippen molar-refractivity contribution in [3.8, 4) is 5.75 Å². The number of carboxylic acids is 3. The number of phenols is 1. The standard InChI is InChI=1S/C20H20N6O9S.C5H11NO2.2Na/c1-25-19(22-23-24-25)36-8-10-7-35-18-20(34-2,17(33)26(18)13(10)16(31)32)21-14(28)12(15(29)30)9-3-5-11(27)6-4-9;1-3(2)4(6)5(7)8;;/h3-6,12,18,27H,7-8H2,1-2H3,(H,21,28)(H,29,30)(H,31,32);3-4H,6H2,1-2H3,(H,7,8);;/q;;2*+1/p-2/t12?,18-,20+;4-;;/m10../s1. The van der Waals surface area contributed by atoms with Crippen molar-refractivity contribution >= 4 is 41.5 Å². The van der Waals surface area contributed by atoms with Crippen LogP contribution in [-0.2, 0) is 40.5 Å². The van der Waals surface area contributed by atoms with E-state index in [9.17, 15) is 39.3 Å². The first-order chi connectivity index (χ1) is 20.7. The zero-order valence-electron chi connectivity index (χ0n) is 25.8. The third kappa shape index (κ3) is 8.85. The molecule has 1 saturated heterocycles. The van der Waals surface area contributed by atoms with Crippen molar-refractivity contribution in [3.63, 3.8) is 0 Å². The Bertz CT molecular complexity index is 1470. The summed E-state index contributed by atoms with van der Waals surface area (Å²) in [5, 5.41) is 54.9. The number of β-lactam (4-membered cyclic amide) rings is 1. The normalized spacial score (nSPS) is 19.7. The predicted octanol–water partition coefficient (Wildman–Crippen LogP) is -9.73. The van der Waals surface area contributed by atoms with Crippen LogP contribution in [0, 0.1) is 5.92 Å². The Morgan fingerprint density at radius 3 is 2.26 bits per heavy atom. The van der Waals surface area contributed by atoms with Gasteiger partial charge in [0.1, 0.15) is 17.7 Å². The summed E-state index contributed by atoms with van der Waals surface area (Å²) in [6, 6.07) is 4.05. The quantitative estimate of drug-likeness (QED) is 0.0563. The number of carbonyl (C=O) groups excluding carboxylic acids is 4. The molecule has 0 radical (unpaired) electrons. The van der Waals surface area contributed by atoms with E-state index in [1.807, 2.05) is 0 Å². The minimum atomic E-state index is -2.20. The Labute approximate surface area is 310 Å². The summed E-state index contributed by atoms with van der Waals surface area (Å²) in [4.78, 5) is 60.6. The Kier molecular flexibility index (Phi) is 15.8. The van der Waals surface area contributed by atoms with Gasteiger partial charge in [0.15, 0.2) is 6.23 Å². The number of nitrogens with one attached hydrogen (secondary N) is 1. The predicted molar refractivity (Wildman–Crippen MR) is 142 cm³/mol. The van der Waals surface area contributed by atoms with Gasteiger partial charge in [0, 0.05) is 19.9 Å². The van der Waals surface area contributed by atoms with Crippen LogP contribution >= 0.6 is 11.8 Å². The van der Waals surface area contributed by atoms with Crippen LogP contribution in [0.4, 0.5) is 0 Å². The summed E-state index contributed by atoms with van der Waals surface area (Å²) in [6.45, 7) is 3.29. The molecule has 0 aliphatic carbocycles. The van der Waals surface area contributed by atoms with E-state index < -0.39 is 59.3 Å². The number of aryl methyl sites for hydroxylation is 1. The summed E-state index contributed by atoms with van der Waals surface area (Å²) in [5.74, 6) is -8.49. The van der Waals surface area contributed by atoms with E-state index >= 15 is 0 Å². The molecule has 5 N–H and O–H groups in total. The third-order valence-electron chi connectivity index (χ3n) is 6.62. The number of methoxy groups -OCH3 is 1. The van der Waals surface area contributed by atoms with Crippen LogP contribution in [-0.4, -0.2) is 103 Å². The average Bonchev–Trinajstić information content (AvgIpc) is 3.38. The number of rotatable bonds is 11. The molecule has 238 valence electrons. The van der Waals surface area contributed by atoms with E-state index in [0.717, 1.165) is 23.8 Å². The Hall–Kier alpha value is -2.59. The third-order valence-corrected chi connectivity index (χ3v) is 7.72. The van der Waals surface area contributed by atoms with Crippen LogP contribution < -0.4 is 80.4 Å². The zero-order valence-corrected chi connectivity index (χ0v) is 30.6. The molecule has 1 aromatic carbocycles. The van der Waals surface area contributed by atoms with Crippen LogP contribution in [0.5, 0.6) is 5.75 Å². The van der Waals surface area contributed by atoms with E-state index in [4.69, 9.17) is 20.3 Å². The topological polar surface area (TPSA) is 275 Å². The number of tetrazole rings is 1. The number of carbonyl (C=O) groups is 5. The number of aromatic hydroxyl groups is 1. The van der Waals surface area contributed by atoms with Gasteiger partial charge >= 0.3 is 65.1 Å². The van der Waals surface area contributed by atoms with E-state index in [1.54, 1.807) is 20.9 Å². The summed E-state index contributed by atoms with van der Waals surface area (Å²) in [6.07, 6.45) is -1.42. The number of fused-ring (bicyclic) bond motifs is 1. The molecular formula is C25H29N7Na2O11S. The Morgan fingerprint density at radius 1 is 1.22 bits per heavy atom. The monoisotopic (exact) mass is 681 g/mol. The number of benzene rings is 1. The number of phenolic OH excluding ortho intramolecular Hbond substituents is 1. The summed E-state index contributed by atoms with van der Waals surface area (Å²) in [7, 11) is 2.67. The molecule has 4 atom stereocenters. The maximum atomic E-state index is 13.1. The van der Waals surface area contributed by atoms with Crippen molar-refractivity contribution in [2.75, 3.05) is 19.5 Å². The van der Waals surface area contributed by atoms with Crippen LogP contribution in [0.25, 0.3) is 0 Å². The van der Waals surface area contributed by atoms with Gasteiger partial charge in [-0.2, -0.15) is 0 Å². The number of nitrogens with two attached hydrogens (primary N) is 1. The Morgan fingerprint density at radius 2 is 1.83 bits per heavy atom. The molecule has 1 aromatic heterocycles. The number of aliphatic carboxylic acids is 3. The second-order valence-corrected chi connectivity index (χ2v) is 10.8. The summed E-state index contributed by atoms with van der Waals surface area (Å²) < 4.78 is 12.3. The molecule has 2 aliphatic rings. The number of thioether (sulfide) groups is 1. The van der Waals surface area contributed by atoms with Gasteiger partial charge in [-0.25, -0.2) is 4.68 Å². The van der Waals surface area contributed by atoms with Crippen molar-refractivity contribution in [1.82, 2.24) is 30.4 Å². The molecule has 21 heteroatoms. The van der Waals surface area contributed by atoms with Gasteiger partial charge < -0.3 is 50.5 Å². The fourth-order valence-corrected chi connectivity index (χ4v) is 4.98. The second-order valence-electron chi connectivity index (χ2n) is 9.83. The first-order valence-electron chi connectivity index (χ1n) is 12.7. The number of ether oxygens (including phenoxy) is 2. The fraction of sp³-hybridized carbons (Fsp3) is 0.440. The van der Waals surface area contributed by atoms with Gasteiger partial charge in [0.05, 0.1) is 24.2 Å². The van der Waals surface area contributed by atoms with Gasteiger partial charge in [-0.1, -0.05) is 37.7 Å². The molecule has 0 spiro atoms. The van der Waals surface area contributed by atoms with Crippen molar-refractivity contribution in [1.29, 1.82) is 0 Å². The van der Waals surface area contributed by atoms with Crippen molar-refractivity contribution in [2.24, 2.45) is 18.7 Å². The van der Waals surface area contributed by atoms with Gasteiger partial charge in [0.2, 0.25) is 11.1 Å². The number of carboxylic acid groups (broad SMARTS) is 3. The molecule has 18 nitrogen and oxygen atoms in total. The molecule has 2 amide bonds. The van der Waals surface area contributed by atoms with Crippen LogP contribution in [0.15, 0.2) is 40.7 Å². The second kappa shape index (κ2) is 17.5. The largest absolute Gasteiger partial charge is 1.00 e. The van der Waals surface area contributed by atoms with Gasteiger partial charge in [-0.15, -0.1) is 5.10 Å². The molecule has 3 heterocycles. The number of nitrogens with zero attached hydrogens (tertiary/aromatic N) is 5. The fourth-order valence-electron chi connectivity index (χ4n) is 4.14. The minimum absolute atomic E-state index is 0. The number of amides is 2. The van der Waals surface area contributed by atoms with Crippen molar-refractivity contribution < 1.29 is 113 Å². The molecule has 4 rings (SSSR count). The molecule has 46 heavy (non-hydrogen) atoms. The summed E-state index contributed by atoms with van der Waals surface area (Å²) in [5.41, 5.74) is 2.66. The molecule has 2 aliphatic heterocycles. The Balaban J connectivity index is 0.000000939. The number of hydrogen-bond donors (Lipinski definition) is 4. The van der Waals surface area contributed by atoms with E-state index in [2.05, 4.69) is 20.8 Å². The average molecular weight is 682 g/mol. The van der Waals surface area contributed by atoms with Gasteiger partial charge in [0.25, 0.3) is 11.6 Å². The molecule has 0 bridgehead atoms. The van der Waals surface area contributed by atoms with Crippen LogP contribution in [0.2, 0.25) is 0 Å². The van der Waals surface area contributed by atoms with E-state index in [0.29, 0.717) is 5.16 Å². The molecule has 1 fully saturated rings. The maximum Gasteiger partial charge on any atom is 1.00 e. The maximum absolute atomic E-state index is 13.1. The van der Waals surface area contributed by atoms with Crippen LogP contribution in [0.3, 0.4) is 0 Å². The van der Waals surface area contributed by atoms with Crippen LogP contribution in [0.1, 0.15) is 25.3 Å². The van der Waals surface area contributed by atoms with Gasteiger partial charge in [-0.05, 0) is 39.6 Å². The van der Waals surface area contributed by atoms with E-state index in [-0.39, 0.29) is 94.3 Å². The SMILES string of the molecule is CC(C)[C@H](N)C(=O)O.CO[C@@]1(NC(=O)C(C(=O)[O-])c2ccc(O)cc2)C(=O)N2C(C(=O)[O-])=C(CSc3nnnn3C)CO[C@@H]21.[Na+].[Na+]. The molecule has 0 saturated carbocycles. The minimum Gasteiger partial charge on any atom is -0.549 e. The first-order valence-corrected chi connectivity index (χ1v) is 13.7. The molecular weight excluding hydrogens is 652 g/mol. The smallest absolute Gasteiger partial charge is 0.549 e. The number of hydrogen-bond acceptors (Lipinski definition) is 15.